The minimum atomic E-state index is -0.438. The largest absolute Gasteiger partial charge is 0.465 e. The molecule has 0 aliphatic carbocycles. The van der Waals surface area contributed by atoms with Crippen molar-refractivity contribution in [3.05, 3.63) is 76.6 Å². The summed E-state index contributed by atoms with van der Waals surface area (Å²) in [5.41, 5.74) is 2.40. The van der Waals surface area contributed by atoms with E-state index in [1.165, 1.54) is 14.0 Å². The Balaban J connectivity index is 2.15. The van der Waals surface area contributed by atoms with Gasteiger partial charge in [0.2, 0.25) is 5.55 Å². The average Bonchev–Trinajstić information content (AvgIpc) is 2.66. The van der Waals surface area contributed by atoms with Crippen LogP contribution in [0.15, 0.2) is 57.9 Å². The number of carbonyl (C=O) groups excluding carboxylic acids is 2. The molecule has 0 aliphatic rings. The van der Waals surface area contributed by atoms with Crippen molar-refractivity contribution in [2.24, 2.45) is 4.99 Å². The second kappa shape index (κ2) is 7.03. The summed E-state index contributed by atoms with van der Waals surface area (Å²) in [4.78, 5) is 31.2. The van der Waals surface area contributed by atoms with Crippen LogP contribution in [0.5, 0.6) is 0 Å². The lowest BCUT2D eigenvalue weighted by molar-refractivity contribution is 0.0600. The van der Waals surface area contributed by atoms with Gasteiger partial charge in [0.05, 0.1) is 30.5 Å². The number of nitrogens with zero attached hydrogens (tertiary/aromatic N) is 2. The maximum atomic E-state index is 12.0. The van der Waals surface area contributed by atoms with Gasteiger partial charge >= 0.3 is 5.97 Å². The smallest absolute Gasteiger partial charge is 0.337 e. The second-order valence-corrected chi connectivity index (χ2v) is 5.51. The highest BCUT2D eigenvalue weighted by atomic mass is 16.5. The molecule has 0 radical (unpaired) electrons. The van der Waals surface area contributed by atoms with Gasteiger partial charge in [0.25, 0.3) is 0 Å². The number of esters is 1. The van der Waals surface area contributed by atoms with Crippen LogP contribution in [0, 0.1) is 6.57 Å². The molecule has 3 rings (SSSR count). The molecule has 0 saturated carbocycles. The molecule has 0 N–H and O–H groups in total. The zero-order valence-electron chi connectivity index (χ0n) is 14.1. The van der Waals surface area contributed by atoms with Crippen LogP contribution >= 0.6 is 0 Å². The Morgan fingerprint density at radius 2 is 1.85 bits per heavy atom. The lowest BCUT2D eigenvalue weighted by atomic mass is 10.1. The molecule has 0 atom stereocenters. The van der Waals surface area contributed by atoms with Crippen LogP contribution in [0.25, 0.3) is 15.8 Å². The molecule has 6 heteroatoms. The number of Topliss-reactive ketones (excluding diaryl/α,β-unsaturated/α-hetero) is 1. The topological polar surface area (TPSA) is 73.2 Å². The van der Waals surface area contributed by atoms with Crippen molar-refractivity contribution in [1.82, 2.24) is 0 Å². The molecule has 0 bridgehead atoms. The van der Waals surface area contributed by atoms with Crippen molar-refractivity contribution in [2.45, 2.75) is 6.92 Å². The minimum Gasteiger partial charge on any atom is -0.465 e. The molecule has 0 spiro atoms. The maximum absolute atomic E-state index is 12.0. The molecule has 1 aromatic heterocycles. The van der Waals surface area contributed by atoms with E-state index < -0.39 is 5.97 Å². The molecule has 6 nitrogen and oxygen atoms in total. The number of fused-ring (bicyclic) bond motifs is 1. The zero-order valence-corrected chi connectivity index (χ0v) is 14.1. The van der Waals surface area contributed by atoms with Crippen molar-refractivity contribution < 1.29 is 18.7 Å². The standard InChI is InChI=1S/C20H14N2O4/c1-12(23)17-11-14-10-16(21-2)8-9-18(14)26-19(17)22-15-6-4-13(5-7-15)20(24)25-3/h4-11H,1,3H3. The summed E-state index contributed by atoms with van der Waals surface area (Å²) in [6, 6.07) is 13.1. The van der Waals surface area contributed by atoms with Gasteiger partial charge in [0.15, 0.2) is 11.5 Å². The highest BCUT2D eigenvalue weighted by molar-refractivity contribution is 5.97. The Kier molecular flexibility index (Phi) is 4.63. The summed E-state index contributed by atoms with van der Waals surface area (Å²) in [5, 5.41) is 0.656. The predicted octanol–water partition coefficient (Wildman–Crippen LogP) is 4.21. The molecular formula is C20H14N2O4. The van der Waals surface area contributed by atoms with Crippen LogP contribution in [-0.2, 0) is 4.74 Å². The predicted molar refractivity (Wildman–Crippen MR) is 95.5 cm³/mol. The van der Waals surface area contributed by atoms with E-state index >= 15 is 0 Å². The van der Waals surface area contributed by atoms with Crippen LogP contribution in [0.3, 0.4) is 0 Å². The van der Waals surface area contributed by atoms with E-state index in [4.69, 9.17) is 11.0 Å². The molecular weight excluding hydrogens is 332 g/mol. The highest BCUT2D eigenvalue weighted by Crippen LogP contribution is 2.21. The molecule has 0 saturated heterocycles. The van der Waals surface area contributed by atoms with Gasteiger partial charge in [-0.3, -0.25) is 4.79 Å². The third-order valence-electron chi connectivity index (χ3n) is 3.76. The Labute approximate surface area is 149 Å². The quantitative estimate of drug-likeness (QED) is 0.405. The van der Waals surface area contributed by atoms with E-state index in [1.54, 1.807) is 48.5 Å². The molecule has 0 unspecified atom stereocenters. The van der Waals surface area contributed by atoms with E-state index in [-0.39, 0.29) is 11.3 Å². The number of ether oxygens (including phenoxy) is 1. The van der Waals surface area contributed by atoms with Gasteiger partial charge in [-0.15, -0.1) is 0 Å². The van der Waals surface area contributed by atoms with Gasteiger partial charge in [0.1, 0.15) is 5.58 Å². The molecule has 0 aliphatic heterocycles. The number of carbonyl (C=O) groups is 2. The Morgan fingerprint density at radius 3 is 2.46 bits per heavy atom. The summed E-state index contributed by atoms with van der Waals surface area (Å²) >= 11 is 0. The minimum absolute atomic E-state index is 0.173. The van der Waals surface area contributed by atoms with Crippen LogP contribution in [0.1, 0.15) is 27.6 Å². The van der Waals surface area contributed by atoms with Crippen LogP contribution in [0.2, 0.25) is 0 Å². The van der Waals surface area contributed by atoms with E-state index in [2.05, 4.69) is 14.6 Å². The first-order chi connectivity index (χ1) is 12.5. The lowest BCUT2D eigenvalue weighted by Crippen LogP contribution is -2.13. The van der Waals surface area contributed by atoms with E-state index in [9.17, 15) is 9.59 Å². The average molecular weight is 346 g/mol. The molecule has 1 heterocycles. The van der Waals surface area contributed by atoms with Gasteiger partial charge < -0.3 is 9.15 Å². The SMILES string of the molecule is [C-]#[N+]c1ccc2oc(=Nc3ccc(C(=O)OC)cc3)c(C(C)=O)cc2c1. The number of ketones is 1. The third kappa shape index (κ3) is 3.37. The number of benzene rings is 2. The summed E-state index contributed by atoms with van der Waals surface area (Å²) in [7, 11) is 1.31. The molecule has 26 heavy (non-hydrogen) atoms. The normalized spacial score (nSPS) is 11.2. The van der Waals surface area contributed by atoms with Gasteiger partial charge in [-0.05, 0) is 49.4 Å². The molecule has 128 valence electrons. The number of methoxy groups -OCH3 is 1. The first kappa shape index (κ1) is 17.1. The van der Waals surface area contributed by atoms with Crippen LogP contribution in [0.4, 0.5) is 11.4 Å². The fraction of sp³-hybridized carbons (Fsp3) is 0.100. The van der Waals surface area contributed by atoms with Crippen LogP contribution < -0.4 is 5.55 Å². The van der Waals surface area contributed by atoms with Gasteiger partial charge in [-0.2, -0.15) is 0 Å². The van der Waals surface area contributed by atoms with E-state index in [0.29, 0.717) is 33.5 Å². The van der Waals surface area contributed by atoms with Gasteiger partial charge in [-0.25, -0.2) is 14.6 Å². The fourth-order valence-corrected chi connectivity index (χ4v) is 2.43. The molecule has 0 fully saturated rings. The Hall–Kier alpha value is -3.72. The molecule has 2 aromatic carbocycles. The monoisotopic (exact) mass is 346 g/mol. The summed E-state index contributed by atoms with van der Waals surface area (Å²) in [6.45, 7) is 8.51. The van der Waals surface area contributed by atoms with Crippen molar-refractivity contribution in [3.63, 3.8) is 0 Å². The summed E-state index contributed by atoms with van der Waals surface area (Å²) in [5.74, 6) is -0.638. The Bertz CT molecular complexity index is 1120. The van der Waals surface area contributed by atoms with Crippen molar-refractivity contribution in [1.29, 1.82) is 0 Å². The Morgan fingerprint density at radius 1 is 1.12 bits per heavy atom. The number of rotatable bonds is 3. The van der Waals surface area contributed by atoms with Gasteiger partial charge in [0, 0.05) is 5.39 Å². The summed E-state index contributed by atoms with van der Waals surface area (Å²) in [6.07, 6.45) is 0. The number of hydrogen-bond donors (Lipinski definition) is 0. The summed E-state index contributed by atoms with van der Waals surface area (Å²) < 4.78 is 10.4. The van der Waals surface area contributed by atoms with Gasteiger partial charge in [-0.1, -0.05) is 6.07 Å². The lowest BCUT2D eigenvalue weighted by Gasteiger charge is -2.03. The first-order valence-corrected chi connectivity index (χ1v) is 7.71. The second-order valence-electron chi connectivity index (χ2n) is 5.51. The van der Waals surface area contributed by atoms with E-state index in [1.807, 2.05) is 0 Å². The van der Waals surface area contributed by atoms with Crippen molar-refractivity contribution >= 4 is 34.1 Å². The van der Waals surface area contributed by atoms with Crippen molar-refractivity contribution in [2.75, 3.05) is 7.11 Å². The fourth-order valence-electron chi connectivity index (χ4n) is 2.43. The van der Waals surface area contributed by atoms with Crippen molar-refractivity contribution in [3.8, 4) is 0 Å². The maximum Gasteiger partial charge on any atom is 0.337 e. The third-order valence-corrected chi connectivity index (χ3v) is 3.76. The first-order valence-electron chi connectivity index (χ1n) is 7.71. The number of hydrogen-bond acceptors (Lipinski definition) is 5. The van der Waals surface area contributed by atoms with Crippen LogP contribution in [-0.4, -0.2) is 18.9 Å². The zero-order chi connectivity index (χ0) is 18.7. The molecule has 3 aromatic rings. The highest BCUT2D eigenvalue weighted by Gasteiger charge is 2.10. The van der Waals surface area contributed by atoms with E-state index in [0.717, 1.165) is 0 Å². The molecule has 0 amide bonds.